The second-order valence-electron chi connectivity index (χ2n) is 5.24. The van der Waals surface area contributed by atoms with Crippen molar-refractivity contribution in [1.29, 1.82) is 0 Å². The molecule has 0 saturated heterocycles. The molecule has 24 heavy (non-hydrogen) atoms. The van der Waals surface area contributed by atoms with Crippen LogP contribution in [0.1, 0.15) is 17.2 Å². The molecule has 120 valence electrons. The van der Waals surface area contributed by atoms with E-state index in [4.69, 9.17) is 11.6 Å². The van der Waals surface area contributed by atoms with Gasteiger partial charge in [0.1, 0.15) is 17.7 Å². The summed E-state index contributed by atoms with van der Waals surface area (Å²) in [6.45, 7) is 0. The number of hydrogen-bond donors (Lipinski definition) is 1. The molecule has 1 aliphatic heterocycles. The zero-order valence-electron chi connectivity index (χ0n) is 12.1. The van der Waals surface area contributed by atoms with E-state index in [2.05, 4.69) is 20.8 Å². The highest BCUT2D eigenvalue weighted by Gasteiger charge is 2.28. The summed E-state index contributed by atoms with van der Waals surface area (Å²) in [5.74, 6) is -0.444. The van der Waals surface area contributed by atoms with Crippen LogP contribution in [0.2, 0.25) is 5.02 Å². The smallest absolute Gasteiger partial charge is 0.248 e. The molecule has 3 aromatic rings. The number of allylic oxidation sites excluding steroid dienone is 1. The van der Waals surface area contributed by atoms with Crippen LogP contribution >= 0.6 is 11.6 Å². The van der Waals surface area contributed by atoms with Gasteiger partial charge >= 0.3 is 0 Å². The molecular formula is C16H10ClF2N5. The molecule has 1 aliphatic rings. The van der Waals surface area contributed by atoms with Crippen molar-refractivity contribution in [2.45, 2.75) is 6.04 Å². The maximum Gasteiger partial charge on any atom is 0.248 e. The monoisotopic (exact) mass is 345 g/mol. The number of aromatic nitrogens is 4. The molecule has 0 bridgehead atoms. The number of benzene rings is 2. The van der Waals surface area contributed by atoms with Crippen molar-refractivity contribution in [2.24, 2.45) is 0 Å². The van der Waals surface area contributed by atoms with Crippen molar-refractivity contribution >= 4 is 23.2 Å². The van der Waals surface area contributed by atoms with E-state index in [-0.39, 0.29) is 16.4 Å². The minimum absolute atomic E-state index is 0.272. The SMILES string of the molecule is Fc1ccc(C2=CC(c3c(F)cccc3Cl)n3nnnc3N2)cc1. The van der Waals surface area contributed by atoms with Gasteiger partial charge in [-0.1, -0.05) is 22.8 Å². The third-order valence-corrected chi connectivity index (χ3v) is 4.11. The summed E-state index contributed by atoms with van der Waals surface area (Å²) in [7, 11) is 0. The van der Waals surface area contributed by atoms with Crippen LogP contribution in [-0.2, 0) is 0 Å². The van der Waals surface area contributed by atoms with Crippen LogP contribution in [0.3, 0.4) is 0 Å². The number of rotatable bonds is 2. The molecule has 0 fully saturated rings. The quantitative estimate of drug-likeness (QED) is 0.770. The number of halogens is 3. The topological polar surface area (TPSA) is 55.6 Å². The van der Waals surface area contributed by atoms with Gasteiger partial charge in [0.05, 0.1) is 0 Å². The van der Waals surface area contributed by atoms with E-state index >= 15 is 0 Å². The molecule has 1 N–H and O–H groups in total. The normalized spacial score (nSPS) is 16.3. The lowest BCUT2D eigenvalue weighted by atomic mass is 10.0. The highest BCUT2D eigenvalue weighted by atomic mass is 35.5. The lowest BCUT2D eigenvalue weighted by molar-refractivity contribution is 0.540. The van der Waals surface area contributed by atoms with Gasteiger partial charge in [-0.3, -0.25) is 0 Å². The van der Waals surface area contributed by atoms with Crippen molar-refractivity contribution in [2.75, 3.05) is 5.32 Å². The Morgan fingerprint density at radius 2 is 1.88 bits per heavy atom. The second-order valence-corrected chi connectivity index (χ2v) is 5.65. The second kappa shape index (κ2) is 5.68. The van der Waals surface area contributed by atoms with Crippen molar-refractivity contribution < 1.29 is 8.78 Å². The van der Waals surface area contributed by atoms with Crippen molar-refractivity contribution in [3.8, 4) is 0 Å². The highest BCUT2D eigenvalue weighted by molar-refractivity contribution is 6.31. The van der Waals surface area contributed by atoms with Gasteiger partial charge in [-0.2, -0.15) is 4.68 Å². The number of tetrazole rings is 1. The number of hydrogen-bond acceptors (Lipinski definition) is 4. The van der Waals surface area contributed by atoms with Gasteiger partial charge in [0.25, 0.3) is 0 Å². The summed E-state index contributed by atoms with van der Waals surface area (Å²) in [6.07, 6.45) is 1.75. The fourth-order valence-electron chi connectivity index (χ4n) is 2.65. The first-order valence-electron chi connectivity index (χ1n) is 7.10. The van der Waals surface area contributed by atoms with Gasteiger partial charge in [0, 0.05) is 16.3 Å². The summed E-state index contributed by atoms with van der Waals surface area (Å²) in [4.78, 5) is 0. The predicted octanol–water partition coefficient (Wildman–Crippen LogP) is 3.66. The summed E-state index contributed by atoms with van der Waals surface area (Å²) in [6, 6.07) is 9.79. The molecule has 1 atom stereocenters. The molecule has 1 aromatic heterocycles. The van der Waals surface area contributed by atoms with E-state index in [1.54, 1.807) is 24.3 Å². The minimum atomic E-state index is -0.620. The molecule has 0 amide bonds. The molecule has 0 aliphatic carbocycles. The Hall–Kier alpha value is -2.80. The molecule has 0 radical (unpaired) electrons. The van der Waals surface area contributed by atoms with Crippen LogP contribution in [0, 0.1) is 11.6 Å². The molecule has 5 nitrogen and oxygen atoms in total. The van der Waals surface area contributed by atoms with Crippen molar-refractivity contribution in [3.63, 3.8) is 0 Å². The average molecular weight is 346 g/mol. The van der Waals surface area contributed by atoms with Gasteiger partial charge in [0.15, 0.2) is 0 Å². The molecule has 1 unspecified atom stereocenters. The van der Waals surface area contributed by atoms with Gasteiger partial charge in [0.2, 0.25) is 5.95 Å². The highest BCUT2D eigenvalue weighted by Crippen LogP contribution is 2.35. The molecule has 2 heterocycles. The standard InChI is InChI=1S/C16H10ClF2N5/c17-11-2-1-3-12(19)15(11)14-8-13(9-4-6-10(18)7-5-9)20-16-21-22-23-24(14)16/h1-8,14H,(H,20,21,23). The van der Waals surface area contributed by atoms with Crippen molar-refractivity contribution in [3.05, 3.63) is 76.3 Å². The Bertz CT molecular complexity index is 916. The van der Waals surface area contributed by atoms with Gasteiger partial charge in [-0.05, 0) is 58.5 Å². The Labute approximate surface area is 140 Å². The van der Waals surface area contributed by atoms with E-state index < -0.39 is 11.9 Å². The molecule has 8 heteroatoms. The minimum Gasteiger partial charge on any atom is -0.323 e. The Morgan fingerprint density at radius 1 is 1.08 bits per heavy atom. The van der Waals surface area contributed by atoms with Gasteiger partial charge in [-0.15, -0.1) is 0 Å². The van der Waals surface area contributed by atoms with E-state index in [1.807, 2.05) is 0 Å². The predicted molar refractivity (Wildman–Crippen MR) is 85.4 cm³/mol. The van der Waals surface area contributed by atoms with Crippen LogP contribution in [-0.4, -0.2) is 20.2 Å². The molecular weight excluding hydrogens is 336 g/mol. The van der Waals surface area contributed by atoms with Crippen LogP contribution in [0.15, 0.2) is 48.5 Å². The zero-order chi connectivity index (χ0) is 16.7. The molecule has 0 saturated carbocycles. The maximum atomic E-state index is 14.4. The van der Waals surface area contributed by atoms with Crippen LogP contribution in [0.4, 0.5) is 14.7 Å². The third kappa shape index (κ3) is 2.43. The lowest BCUT2D eigenvalue weighted by Gasteiger charge is -2.24. The van der Waals surface area contributed by atoms with Crippen LogP contribution in [0.5, 0.6) is 0 Å². The molecule has 0 spiro atoms. The fourth-order valence-corrected chi connectivity index (χ4v) is 2.93. The summed E-state index contributed by atoms with van der Waals surface area (Å²) < 4.78 is 28.9. The summed E-state index contributed by atoms with van der Waals surface area (Å²) in [5.41, 5.74) is 1.64. The zero-order valence-corrected chi connectivity index (χ0v) is 12.9. The van der Waals surface area contributed by atoms with Crippen molar-refractivity contribution in [1.82, 2.24) is 20.2 Å². The summed E-state index contributed by atoms with van der Waals surface area (Å²) in [5, 5.41) is 14.7. The van der Waals surface area contributed by atoms with E-state index in [9.17, 15) is 8.78 Å². The fraction of sp³-hybridized carbons (Fsp3) is 0.0625. The Kier molecular flexibility index (Phi) is 3.50. The van der Waals surface area contributed by atoms with Crippen LogP contribution < -0.4 is 5.32 Å². The first-order chi connectivity index (χ1) is 11.6. The number of nitrogens with one attached hydrogen (secondary N) is 1. The van der Waals surface area contributed by atoms with Crippen LogP contribution in [0.25, 0.3) is 5.70 Å². The first-order valence-corrected chi connectivity index (χ1v) is 7.48. The van der Waals surface area contributed by atoms with E-state index in [0.29, 0.717) is 11.6 Å². The molecule has 4 rings (SSSR count). The Morgan fingerprint density at radius 3 is 2.62 bits per heavy atom. The summed E-state index contributed by atoms with van der Waals surface area (Å²) >= 11 is 6.19. The number of anilines is 1. The largest absolute Gasteiger partial charge is 0.323 e. The van der Waals surface area contributed by atoms with Gasteiger partial charge in [-0.25, -0.2) is 8.78 Å². The van der Waals surface area contributed by atoms with E-state index in [1.165, 1.54) is 28.9 Å². The maximum absolute atomic E-state index is 14.4. The average Bonchev–Trinajstić information content (AvgIpc) is 3.04. The number of fused-ring (bicyclic) bond motifs is 1. The third-order valence-electron chi connectivity index (χ3n) is 3.78. The lowest BCUT2D eigenvalue weighted by Crippen LogP contribution is -2.21. The number of nitrogens with zero attached hydrogens (tertiary/aromatic N) is 4. The Balaban J connectivity index is 1.87. The van der Waals surface area contributed by atoms with E-state index in [0.717, 1.165) is 5.56 Å². The molecule has 2 aromatic carbocycles. The first kappa shape index (κ1) is 14.8. The van der Waals surface area contributed by atoms with Gasteiger partial charge < -0.3 is 5.32 Å².